The Morgan fingerprint density at radius 2 is 1.89 bits per heavy atom. The van der Waals surface area contributed by atoms with Gasteiger partial charge in [-0.3, -0.25) is 9.78 Å². The van der Waals surface area contributed by atoms with Gasteiger partial charge in [0.25, 0.3) is 5.91 Å². The fourth-order valence-electron chi connectivity index (χ4n) is 3.51. The number of likely N-dealkylation sites (tertiary alicyclic amines) is 1. The molecule has 1 fully saturated rings. The van der Waals surface area contributed by atoms with Crippen molar-refractivity contribution in [3.05, 3.63) is 59.1 Å². The third-order valence-electron chi connectivity index (χ3n) is 4.85. The quantitative estimate of drug-likeness (QED) is 0.686. The fourth-order valence-corrected chi connectivity index (χ4v) is 4.48. The summed E-state index contributed by atoms with van der Waals surface area (Å²) in [5.74, 6) is 0.613. The van der Waals surface area contributed by atoms with Crippen LogP contribution in [0.1, 0.15) is 52.7 Å². The lowest BCUT2D eigenvalue weighted by atomic mass is 10.0. The van der Waals surface area contributed by atoms with Gasteiger partial charge in [-0.25, -0.2) is 15.0 Å². The average molecular weight is 379 g/mol. The maximum atomic E-state index is 13.4. The molecule has 3 aromatic rings. The molecule has 27 heavy (non-hydrogen) atoms. The number of pyridine rings is 1. The molecule has 138 valence electrons. The summed E-state index contributed by atoms with van der Waals surface area (Å²) < 4.78 is 0. The SMILES string of the molecule is Cc1nc(-c2ncccn2)sc1C(=O)N1CCCCCC1c1ccncc1. The molecule has 0 aromatic carbocycles. The Hall–Kier alpha value is -2.67. The molecule has 3 aromatic heterocycles. The second-order valence-corrected chi connectivity index (χ2v) is 7.65. The number of carbonyl (C=O) groups excluding carboxylic acids is 1. The molecule has 0 aliphatic carbocycles. The van der Waals surface area contributed by atoms with E-state index < -0.39 is 0 Å². The first-order chi connectivity index (χ1) is 13.2. The Morgan fingerprint density at radius 3 is 2.67 bits per heavy atom. The molecule has 1 saturated heterocycles. The second-order valence-electron chi connectivity index (χ2n) is 6.65. The third-order valence-corrected chi connectivity index (χ3v) is 5.99. The molecular formula is C20H21N5OS. The van der Waals surface area contributed by atoms with E-state index in [-0.39, 0.29) is 11.9 Å². The van der Waals surface area contributed by atoms with Crippen molar-refractivity contribution >= 4 is 17.2 Å². The third kappa shape index (κ3) is 3.73. The van der Waals surface area contributed by atoms with Gasteiger partial charge in [-0.2, -0.15) is 0 Å². The van der Waals surface area contributed by atoms with E-state index in [9.17, 15) is 4.79 Å². The molecule has 0 bridgehead atoms. The van der Waals surface area contributed by atoms with Crippen LogP contribution in [0, 0.1) is 6.92 Å². The van der Waals surface area contributed by atoms with Crippen LogP contribution in [0.3, 0.4) is 0 Å². The van der Waals surface area contributed by atoms with Crippen molar-refractivity contribution < 1.29 is 4.79 Å². The number of aromatic nitrogens is 4. The van der Waals surface area contributed by atoms with Crippen LogP contribution in [0.2, 0.25) is 0 Å². The van der Waals surface area contributed by atoms with Crippen LogP contribution in [0.5, 0.6) is 0 Å². The van der Waals surface area contributed by atoms with Crippen LogP contribution in [0.4, 0.5) is 0 Å². The molecule has 7 heteroatoms. The van der Waals surface area contributed by atoms with Crippen molar-refractivity contribution in [3.63, 3.8) is 0 Å². The van der Waals surface area contributed by atoms with Gasteiger partial charge in [-0.05, 0) is 43.5 Å². The summed E-state index contributed by atoms with van der Waals surface area (Å²) in [4.78, 5) is 33.3. The minimum Gasteiger partial charge on any atom is -0.331 e. The Morgan fingerprint density at radius 1 is 1.11 bits per heavy atom. The molecule has 6 nitrogen and oxygen atoms in total. The van der Waals surface area contributed by atoms with Gasteiger partial charge in [0.15, 0.2) is 10.8 Å². The molecule has 4 heterocycles. The standard InChI is InChI=1S/C20H21N5OS/c1-14-17(27-19(24-14)18-22-9-5-10-23-18)20(26)25-13-4-2-3-6-16(25)15-7-11-21-12-8-15/h5,7-12,16H,2-4,6,13H2,1H3. The lowest BCUT2D eigenvalue weighted by Gasteiger charge is -2.30. The lowest BCUT2D eigenvalue weighted by molar-refractivity contribution is 0.0685. The van der Waals surface area contributed by atoms with Gasteiger partial charge in [-0.15, -0.1) is 11.3 Å². The lowest BCUT2D eigenvalue weighted by Crippen LogP contribution is -2.34. The summed E-state index contributed by atoms with van der Waals surface area (Å²) in [6, 6.07) is 5.88. The number of hydrogen-bond acceptors (Lipinski definition) is 6. The topological polar surface area (TPSA) is 71.9 Å². The molecule has 0 N–H and O–H groups in total. The first-order valence-corrected chi connectivity index (χ1v) is 10.0. The number of thiazole rings is 1. The van der Waals surface area contributed by atoms with Crippen LogP contribution >= 0.6 is 11.3 Å². The van der Waals surface area contributed by atoms with Crippen molar-refractivity contribution in [2.24, 2.45) is 0 Å². The van der Waals surface area contributed by atoms with Crippen molar-refractivity contribution in [2.45, 2.75) is 38.6 Å². The highest BCUT2D eigenvalue weighted by Gasteiger charge is 2.30. The highest BCUT2D eigenvalue weighted by atomic mass is 32.1. The molecule has 1 atom stereocenters. The Kier molecular flexibility index (Phi) is 5.20. The van der Waals surface area contributed by atoms with E-state index in [1.165, 1.54) is 11.3 Å². The Labute approximate surface area is 162 Å². The van der Waals surface area contributed by atoms with E-state index in [1.807, 2.05) is 24.0 Å². The van der Waals surface area contributed by atoms with E-state index in [0.29, 0.717) is 15.7 Å². The number of nitrogens with zero attached hydrogens (tertiary/aromatic N) is 5. The van der Waals surface area contributed by atoms with Crippen molar-refractivity contribution in [3.8, 4) is 10.8 Å². The van der Waals surface area contributed by atoms with Crippen LogP contribution < -0.4 is 0 Å². The van der Waals surface area contributed by atoms with Crippen LogP contribution in [0.25, 0.3) is 10.8 Å². The van der Waals surface area contributed by atoms with Gasteiger partial charge in [0.2, 0.25) is 0 Å². The van der Waals surface area contributed by atoms with Gasteiger partial charge < -0.3 is 4.90 Å². The zero-order valence-corrected chi connectivity index (χ0v) is 16.0. The summed E-state index contributed by atoms with van der Waals surface area (Å²) in [5.41, 5.74) is 1.89. The summed E-state index contributed by atoms with van der Waals surface area (Å²) in [7, 11) is 0. The van der Waals surface area contributed by atoms with Gasteiger partial charge in [0.05, 0.1) is 11.7 Å². The predicted molar refractivity (Wildman–Crippen MR) is 104 cm³/mol. The Balaban J connectivity index is 1.67. The normalized spacial score (nSPS) is 17.5. The van der Waals surface area contributed by atoms with Crippen LogP contribution in [-0.2, 0) is 0 Å². The van der Waals surface area contributed by atoms with Gasteiger partial charge in [0.1, 0.15) is 4.88 Å². The van der Waals surface area contributed by atoms with E-state index in [4.69, 9.17) is 0 Å². The summed E-state index contributed by atoms with van der Waals surface area (Å²) >= 11 is 1.38. The van der Waals surface area contributed by atoms with Gasteiger partial charge in [-0.1, -0.05) is 12.8 Å². The molecular weight excluding hydrogens is 358 g/mol. The summed E-state index contributed by atoms with van der Waals surface area (Å²) in [6.45, 7) is 2.65. The molecule has 1 unspecified atom stereocenters. The van der Waals surface area contributed by atoms with E-state index in [1.54, 1.807) is 30.9 Å². The molecule has 1 aliphatic rings. The highest BCUT2D eigenvalue weighted by molar-refractivity contribution is 7.17. The van der Waals surface area contributed by atoms with Crippen LogP contribution in [0.15, 0.2) is 43.0 Å². The minimum atomic E-state index is 0.0518. The predicted octanol–water partition coefficient (Wildman–Crippen LogP) is 4.06. The molecule has 0 saturated carbocycles. The average Bonchev–Trinajstić information content (AvgIpc) is 2.95. The van der Waals surface area contributed by atoms with Crippen molar-refractivity contribution in [1.82, 2.24) is 24.8 Å². The summed E-state index contributed by atoms with van der Waals surface area (Å²) in [5, 5.41) is 0.687. The zero-order chi connectivity index (χ0) is 18.6. The van der Waals surface area contributed by atoms with E-state index >= 15 is 0 Å². The number of rotatable bonds is 3. The number of amides is 1. The number of hydrogen-bond donors (Lipinski definition) is 0. The fraction of sp³-hybridized carbons (Fsp3) is 0.350. The molecule has 0 radical (unpaired) electrons. The first kappa shape index (κ1) is 17.7. The van der Waals surface area contributed by atoms with Gasteiger partial charge in [0, 0.05) is 31.3 Å². The van der Waals surface area contributed by atoms with E-state index in [0.717, 1.165) is 43.5 Å². The first-order valence-electron chi connectivity index (χ1n) is 9.20. The molecule has 4 rings (SSSR count). The maximum absolute atomic E-state index is 13.4. The Bertz CT molecular complexity index is 913. The number of aryl methyl sites for hydroxylation is 1. The molecule has 1 aliphatic heterocycles. The largest absolute Gasteiger partial charge is 0.331 e. The van der Waals surface area contributed by atoms with Crippen molar-refractivity contribution in [2.75, 3.05) is 6.54 Å². The van der Waals surface area contributed by atoms with Crippen LogP contribution in [-0.4, -0.2) is 37.3 Å². The molecule has 1 amide bonds. The van der Waals surface area contributed by atoms with Gasteiger partial charge >= 0.3 is 0 Å². The zero-order valence-electron chi connectivity index (χ0n) is 15.2. The number of carbonyl (C=O) groups is 1. The van der Waals surface area contributed by atoms with E-state index in [2.05, 4.69) is 19.9 Å². The second kappa shape index (κ2) is 7.92. The smallest absolute Gasteiger partial charge is 0.266 e. The maximum Gasteiger partial charge on any atom is 0.266 e. The summed E-state index contributed by atoms with van der Waals surface area (Å²) in [6.07, 6.45) is 11.3. The highest BCUT2D eigenvalue weighted by Crippen LogP contribution is 2.34. The molecule has 0 spiro atoms. The minimum absolute atomic E-state index is 0.0518. The van der Waals surface area contributed by atoms with Crippen molar-refractivity contribution in [1.29, 1.82) is 0 Å². The monoisotopic (exact) mass is 379 g/mol.